The lowest BCUT2D eigenvalue weighted by atomic mass is 9.86. The predicted octanol–water partition coefficient (Wildman–Crippen LogP) is 7.74. The van der Waals surface area contributed by atoms with E-state index in [1.54, 1.807) is 0 Å². The third-order valence-corrected chi connectivity index (χ3v) is 5.91. The number of Topliss-reactive ketones (excluding diaryl/α,β-unsaturated/α-hetero) is 1. The quantitative estimate of drug-likeness (QED) is 0.363. The molecule has 0 unspecified atom stereocenters. The second-order valence-electron chi connectivity index (χ2n) is 8.76. The van der Waals surface area contributed by atoms with Crippen LogP contribution in [0.5, 0.6) is 0 Å². The molecular formula is C27H30BrNO. The Balaban J connectivity index is 1.84. The van der Waals surface area contributed by atoms with Crippen LogP contribution in [-0.4, -0.2) is 5.78 Å². The number of anilines is 1. The Bertz CT molecular complexity index is 985. The van der Waals surface area contributed by atoms with Gasteiger partial charge in [-0.2, -0.15) is 0 Å². The zero-order valence-corrected chi connectivity index (χ0v) is 19.8. The van der Waals surface area contributed by atoms with Crippen LogP contribution in [0.1, 0.15) is 67.2 Å². The summed E-state index contributed by atoms with van der Waals surface area (Å²) in [5.74, 6) is 0.141. The zero-order chi connectivity index (χ0) is 21.7. The number of hydrogen-bond acceptors (Lipinski definition) is 2. The largest absolute Gasteiger partial charge is 0.378 e. The topological polar surface area (TPSA) is 29.1 Å². The van der Waals surface area contributed by atoms with E-state index < -0.39 is 0 Å². The van der Waals surface area contributed by atoms with E-state index in [2.05, 4.69) is 85.3 Å². The molecule has 3 rings (SSSR count). The normalized spacial score (nSPS) is 12.4. The molecule has 0 amide bonds. The highest BCUT2D eigenvalue weighted by Crippen LogP contribution is 2.28. The van der Waals surface area contributed by atoms with Gasteiger partial charge in [-0.05, 0) is 46.7 Å². The molecule has 1 N–H and O–H groups in total. The first-order chi connectivity index (χ1) is 14.3. The second kappa shape index (κ2) is 9.61. The highest BCUT2D eigenvalue weighted by Gasteiger charge is 2.19. The average Bonchev–Trinajstić information content (AvgIpc) is 2.73. The highest BCUT2D eigenvalue weighted by molar-refractivity contribution is 9.10. The van der Waals surface area contributed by atoms with Gasteiger partial charge in [0.2, 0.25) is 0 Å². The molecule has 2 nitrogen and oxygen atoms in total. The van der Waals surface area contributed by atoms with Gasteiger partial charge in [-0.1, -0.05) is 98.2 Å². The summed E-state index contributed by atoms with van der Waals surface area (Å²) in [6, 6.07) is 24.6. The summed E-state index contributed by atoms with van der Waals surface area (Å²) >= 11 is 3.53. The monoisotopic (exact) mass is 463 g/mol. The van der Waals surface area contributed by atoms with Crippen LogP contribution in [0.4, 0.5) is 5.69 Å². The SMILES string of the molecule is CCc1ccc([C@H](CC(=O)c2ccc(C(C)(C)C)cc2)Nc2cccc(Br)c2)cc1. The first kappa shape index (κ1) is 22.3. The van der Waals surface area contributed by atoms with Gasteiger partial charge in [0.1, 0.15) is 0 Å². The van der Waals surface area contributed by atoms with Crippen LogP contribution in [0.15, 0.2) is 77.3 Å². The van der Waals surface area contributed by atoms with Gasteiger partial charge in [-0.15, -0.1) is 0 Å². The number of carbonyl (C=O) groups is 1. The van der Waals surface area contributed by atoms with E-state index in [1.165, 1.54) is 11.1 Å². The number of rotatable bonds is 7. The Morgan fingerprint density at radius 1 is 0.967 bits per heavy atom. The predicted molar refractivity (Wildman–Crippen MR) is 130 cm³/mol. The van der Waals surface area contributed by atoms with Crippen molar-refractivity contribution in [1.82, 2.24) is 0 Å². The minimum atomic E-state index is -0.0972. The Labute approximate surface area is 188 Å². The lowest BCUT2D eigenvalue weighted by Crippen LogP contribution is -2.16. The van der Waals surface area contributed by atoms with Gasteiger partial charge in [0.15, 0.2) is 5.78 Å². The van der Waals surface area contributed by atoms with Gasteiger partial charge >= 0.3 is 0 Å². The number of carbonyl (C=O) groups excluding carboxylic acids is 1. The van der Waals surface area contributed by atoms with E-state index in [0.29, 0.717) is 6.42 Å². The summed E-state index contributed by atoms with van der Waals surface area (Å²) in [6.07, 6.45) is 1.40. The van der Waals surface area contributed by atoms with Crippen LogP contribution in [0.2, 0.25) is 0 Å². The van der Waals surface area contributed by atoms with Crippen LogP contribution >= 0.6 is 15.9 Å². The summed E-state index contributed by atoms with van der Waals surface area (Å²) in [4.78, 5) is 13.1. The molecule has 1 atom stereocenters. The molecule has 156 valence electrons. The minimum Gasteiger partial charge on any atom is -0.378 e. The smallest absolute Gasteiger partial charge is 0.165 e. The van der Waals surface area contributed by atoms with Crippen molar-refractivity contribution in [2.45, 2.75) is 52.0 Å². The van der Waals surface area contributed by atoms with Gasteiger partial charge in [-0.3, -0.25) is 4.79 Å². The summed E-state index contributed by atoms with van der Waals surface area (Å²) in [7, 11) is 0. The molecule has 0 aliphatic carbocycles. The lowest BCUT2D eigenvalue weighted by molar-refractivity contribution is 0.0976. The minimum absolute atomic E-state index is 0.0768. The van der Waals surface area contributed by atoms with Crippen molar-refractivity contribution in [3.8, 4) is 0 Å². The lowest BCUT2D eigenvalue weighted by Gasteiger charge is -2.21. The fourth-order valence-electron chi connectivity index (χ4n) is 3.48. The first-order valence-electron chi connectivity index (χ1n) is 10.5. The summed E-state index contributed by atoms with van der Waals surface area (Å²) < 4.78 is 1.01. The molecule has 0 bridgehead atoms. The van der Waals surface area contributed by atoms with Crippen LogP contribution in [0.3, 0.4) is 0 Å². The van der Waals surface area contributed by atoms with E-state index >= 15 is 0 Å². The van der Waals surface area contributed by atoms with Crippen molar-refractivity contribution in [3.63, 3.8) is 0 Å². The van der Waals surface area contributed by atoms with Crippen LogP contribution < -0.4 is 5.32 Å². The fraction of sp³-hybridized carbons (Fsp3) is 0.296. The summed E-state index contributed by atoms with van der Waals surface area (Å²) in [6.45, 7) is 8.70. The maximum absolute atomic E-state index is 13.1. The van der Waals surface area contributed by atoms with Crippen LogP contribution in [0.25, 0.3) is 0 Å². The molecule has 0 saturated carbocycles. The van der Waals surface area contributed by atoms with E-state index in [-0.39, 0.29) is 17.2 Å². The summed E-state index contributed by atoms with van der Waals surface area (Å²) in [5, 5.41) is 3.56. The maximum atomic E-state index is 13.1. The molecule has 0 aliphatic rings. The molecule has 0 fully saturated rings. The Morgan fingerprint density at radius 3 is 2.20 bits per heavy atom. The average molecular weight is 464 g/mol. The Hall–Kier alpha value is -2.39. The van der Waals surface area contributed by atoms with Gasteiger partial charge in [0, 0.05) is 22.1 Å². The number of benzene rings is 3. The van der Waals surface area contributed by atoms with E-state index in [9.17, 15) is 4.79 Å². The molecule has 0 aromatic heterocycles. The van der Waals surface area contributed by atoms with Crippen molar-refractivity contribution in [2.24, 2.45) is 0 Å². The van der Waals surface area contributed by atoms with Gasteiger partial charge in [0.05, 0.1) is 6.04 Å². The van der Waals surface area contributed by atoms with Gasteiger partial charge in [0.25, 0.3) is 0 Å². The molecule has 3 aromatic rings. The van der Waals surface area contributed by atoms with Gasteiger partial charge in [-0.25, -0.2) is 0 Å². The maximum Gasteiger partial charge on any atom is 0.165 e. The van der Waals surface area contributed by atoms with Crippen molar-refractivity contribution in [1.29, 1.82) is 0 Å². The molecule has 0 radical (unpaired) electrons. The molecular weight excluding hydrogens is 434 g/mol. The van der Waals surface area contributed by atoms with Crippen molar-refractivity contribution in [2.75, 3.05) is 5.32 Å². The molecule has 0 spiro atoms. The Morgan fingerprint density at radius 2 is 1.63 bits per heavy atom. The second-order valence-corrected chi connectivity index (χ2v) is 9.67. The molecule has 0 aliphatic heterocycles. The van der Waals surface area contributed by atoms with Crippen LogP contribution in [0, 0.1) is 0 Å². The van der Waals surface area contributed by atoms with E-state index in [1.807, 2.05) is 36.4 Å². The van der Waals surface area contributed by atoms with Crippen molar-refractivity contribution >= 4 is 27.4 Å². The summed E-state index contributed by atoms with van der Waals surface area (Å²) in [5.41, 5.74) is 5.47. The van der Waals surface area contributed by atoms with Gasteiger partial charge < -0.3 is 5.32 Å². The van der Waals surface area contributed by atoms with Crippen molar-refractivity contribution in [3.05, 3.63) is 99.5 Å². The van der Waals surface area contributed by atoms with E-state index in [0.717, 1.165) is 27.7 Å². The highest BCUT2D eigenvalue weighted by atomic mass is 79.9. The zero-order valence-electron chi connectivity index (χ0n) is 18.2. The molecule has 0 saturated heterocycles. The molecule has 30 heavy (non-hydrogen) atoms. The molecule has 0 heterocycles. The third-order valence-electron chi connectivity index (χ3n) is 5.42. The number of hydrogen-bond donors (Lipinski definition) is 1. The molecule has 3 aromatic carbocycles. The third kappa shape index (κ3) is 5.82. The number of aryl methyl sites for hydroxylation is 1. The van der Waals surface area contributed by atoms with Crippen molar-refractivity contribution < 1.29 is 4.79 Å². The first-order valence-corrected chi connectivity index (χ1v) is 11.3. The number of halogens is 1. The standard InChI is InChI=1S/C27H30BrNO/c1-5-19-9-11-20(12-10-19)25(29-24-8-6-7-23(28)17-24)18-26(30)21-13-15-22(16-14-21)27(2,3)4/h6-17,25,29H,5,18H2,1-4H3/t25-/m0/s1. The fourth-order valence-corrected chi connectivity index (χ4v) is 3.88. The molecule has 3 heteroatoms. The van der Waals surface area contributed by atoms with E-state index in [4.69, 9.17) is 0 Å². The Kier molecular flexibility index (Phi) is 7.14. The van der Waals surface area contributed by atoms with Crippen LogP contribution in [-0.2, 0) is 11.8 Å². The number of nitrogens with one attached hydrogen (secondary N) is 1. The number of ketones is 1.